The zero-order chi connectivity index (χ0) is 21.0. The van der Waals surface area contributed by atoms with Gasteiger partial charge in [-0.1, -0.05) is 24.3 Å². The molecule has 0 bridgehead atoms. The van der Waals surface area contributed by atoms with Crippen LogP contribution in [0.15, 0.2) is 60.5 Å². The van der Waals surface area contributed by atoms with E-state index in [2.05, 4.69) is 73.2 Å². The van der Waals surface area contributed by atoms with Crippen molar-refractivity contribution < 1.29 is 14.0 Å². The highest BCUT2D eigenvalue weighted by molar-refractivity contribution is 5.98. The first-order valence-electron chi connectivity index (χ1n) is 10.9. The first kappa shape index (κ1) is 19.3. The van der Waals surface area contributed by atoms with Gasteiger partial charge in [-0.15, -0.1) is 0 Å². The van der Waals surface area contributed by atoms with Gasteiger partial charge in [0.1, 0.15) is 6.61 Å². The predicted octanol–water partition coefficient (Wildman–Crippen LogP) is 5.43. The number of fused-ring (bicyclic) bond motifs is 2. The molecule has 3 unspecified atom stereocenters. The number of aryl methyl sites for hydroxylation is 1. The van der Waals surface area contributed by atoms with Gasteiger partial charge in [0.15, 0.2) is 12.2 Å². The summed E-state index contributed by atoms with van der Waals surface area (Å²) in [6.45, 7) is 9.34. The van der Waals surface area contributed by atoms with Gasteiger partial charge in [-0.05, 0) is 73.7 Å². The lowest BCUT2D eigenvalue weighted by molar-refractivity contribution is -0.721. The standard InChI is InChI=1S/C27H30NO2/c1-17-13-21-9-8-10-22-15-27(16-30-19(3)14-18(2)29-5)20(4)28-12-7-6-11-23(28)24(17)26(27)25(21)22/h6-14,18,20H,15-16H2,1-5H3/q+1/b19-14-. The Bertz CT molecular complexity index is 1180. The van der Waals surface area contributed by atoms with Crippen molar-refractivity contribution in [2.75, 3.05) is 13.7 Å². The molecule has 1 aromatic heterocycles. The fourth-order valence-corrected chi connectivity index (χ4v) is 5.64. The molecule has 3 atom stereocenters. The summed E-state index contributed by atoms with van der Waals surface area (Å²) in [7, 11) is 1.73. The van der Waals surface area contributed by atoms with E-state index in [4.69, 9.17) is 9.47 Å². The van der Waals surface area contributed by atoms with E-state index in [0.717, 1.165) is 12.2 Å². The van der Waals surface area contributed by atoms with Crippen molar-refractivity contribution in [2.24, 2.45) is 0 Å². The van der Waals surface area contributed by atoms with Crippen molar-refractivity contribution in [3.63, 3.8) is 0 Å². The van der Waals surface area contributed by atoms with Crippen molar-refractivity contribution in [3.05, 3.63) is 77.2 Å². The van der Waals surface area contributed by atoms with Crippen LogP contribution in [0.1, 0.15) is 43.5 Å². The van der Waals surface area contributed by atoms with Gasteiger partial charge in [0.25, 0.3) is 0 Å². The summed E-state index contributed by atoms with van der Waals surface area (Å²) in [5, 5.41) is 2.79. The van der Waals surface area contributed by atoms with E-state index in [0.29, 0.717) is 12.6 Å². The van der Waals surface area contributed by atoms with Gasteiger partial charge in [0.2, 0.25) is 5.69 Å². The van der Waals surface area contributed by atoms with Crippen LogP contribution in [0.2, 0.25) is 0 Å². The predicted molar refractivity (Wildman–Crippen MR) is 121 cm³/mol. The molecule has 0 fully saturated rings. The number of rotatable bonds is 5. The maximum atomic E-state index is 6.44. The Morgan fingerprint density at radius 1 is 1.27 bits per heavy atom. The van der Waals surface area contributed by atoms with Crippen LogP contribution < -0.4 is 4.57 Å². The van der Waals surface area contributed by atoms with Gasteiger partial charge in [-0.3, -0.25) is 0 Å². The Hall–Kier alpha value is -2.65. The molecule has 5 rings (SSSR count). The van der Waals surface area contributed by atoms with E-state index in [1.165, 1.54) is 38.7 Å². The monoisotopic (exact) mass is 400 g/mol. The van der Waals surface area contributed by atoms with Gasteiger partial charge in [0.05, 0.1) is 22.8 Å². The molecule has 0 saturated heterocycles. The molecule has 0 saturated carbocycles. The Kier molecular flexibility index (Phi) is 4.48. The molecule has 0 amide bonds. The minimum Gasteiger partial charge on any atom is -0.497 e. The van der Waals surface area contributed by atoms with E-state index in [1.54, 1.807) is 7.11 Å². The van der Waals surface area contributed by atoms with E-state index in [1.807, 2.05) is 13.8 Å². The molecular formula is C27H30NO2+. The van der Waals surface area contributed by atoms with Gasteiger partial charge in [-0.25, -0.2) is 0 Å². The summed E-state index contributed by atoms with van der Waals surface area (Å²) in [5.74, 6) is 0.927. The lowest BCUT2D eigenvalue weighted by atomic mass is 9.70. The summed E-state index contributed by atoms with van der Waals surface area (Å²) in [6, 6.07) is 16.0. The quantitative estimate of drug-likeness (QED) is 0.421. The molecule has 3 heteroatoms. The third kappa shape index (κ3) is 2.65. The average molecular weight is 401 g/mol. The van der Waals surface area contributed by atoms with Crippen molar-refractivity contribution in [1.82, 2.24) is 0 Å². The van der Waals surface area contributed by atoms with E-state index < -0.39 is 0 Å². The molecule has 154 valence electrons. The average Bonchev–Trinajstić information content (AvgIpc) is 3.09. The SMILES string of the molecule is COC(C)/C=C(/C)OCC12Cc3cccc4cc(C)c(c1c34)-c1cccc[n+]1C2C. The van der Waals surface area contributed by atoms with Crippen LogP contribution in [0.5, 0.6) is 0 Å². The highest BCUT2D eigenvalue weighted by Gasteiger charge is 2.55. The highest BCUT2D eigenvalue weighted by Crippen LogP contribution is 2.54. The number of benzene rings is 2. The number of aromatic nitrogens is 1. The molecule has 3 aromatic rings. The number of ether oxygens (including phenoxy) is 2. The molecule has 3 nitrogen and oxygen atoms in total. The Morgan fingerprint density at radius 2 is 2.10 bits per heavy atom. The summed E-state index contributed by atoms with van der Waals surface area (Å²) >= 11 is 0. The molecular weight excluding hydrogens is 370 g/mol. The molecule has 2 aromatic carbocycles. The highest BCUT2D eigenvalue weighted by atomic mass is 16.5. The third-order valence-electron chi connectivity index (χ3n) is 7.21. The first-order chi connectivity index (χ1) is 14.5. The maximum Gasteiger partial charge on any atom is 0.213 e. The smallest absolute Gasteiger partial charge is 0.213 e. The number of methoxy groups -OCH3 is 1. The molecule has 1 aliphatic carbocycles. The van der Waals surface area contributed by atoms with Gasteiger partial charge in [0, 0.05) is 19.2 Å². The largest absolute Gasteiger partial charge is 0.497 e. The Labute approximate surface area is 179 Å². The summed E-state index contributed by atoms with van der Waals surface area (Å²) < 4.78 is 14.3. The Morgan fingerprint density at radius 3 is 2.90 bits per heavy atom. The topological polar surface area (TPSA) is 22.3 Å². The zero-order valence-corrected chi connectivity index (χ0v) is 18.5. The van der Waals surface area contributed by atoms with Crippen LogP contribution in [0.25, 0.3) is 22.0 Å². The van der Waals surface area contributed by atoms with E-state index in [-0.39, 0.29) is 11.5 Å². The Balaban J connectivity index is 1.72. The molecule has 30 heavy (non-hydrogen) atoms. The lowest BCUT2D eigenvalue weighted by Gasteiger charge is -2.38. The van der Waals surface area contributed by atoms with Gasteiger partial charge >= 0.3 is 0 Å². The zero-order valence-electron chi connectivity index (χ0n) is 18.5. The maximum absolute atomic E-state index is 6.44. The normalized spacial score (nSPS) is 22.8. The third-order valence-corrected chi connectivity index (χ3v) is 7.21. The molecule has 0 spiro atoms. The van der Waals surface area contributed by atoms with Crippen LogP contribution in [0, 0.1) is 6.92 Å². The van der Waals surface area contributed by atoms with Crippen LogP contribution in [0.3, 0.4) is 0 Å². The molecule has 2 heterocycles. The van der Waals surface area contributed by atoms with E-state index in [9.17, 15) is 0 Å². The first-order valence-corrected chi connectivity index (χ1v) is 10.9. The molecule has 1 aliphatic heterocycles. The number of hydrogen-bond acceptors (Lipinski definition) is 2. The fourth-order valence-electron chi connectivity index (χ4n) is 5.64. The van der Waals surface area contributed by atoms with Crippen molar-refractivity contribution in [3.8, 4) is 11.3 Å². The fraction of sp³-hybridized carbons (Fsp3) is 0.370. The number of allylic oxidation sites excluding steroid dienone is 1. The molecule has 2 aliphatic rings. The second-order valence-corrected chi connectivity index (χ2v) is 8.97. The van der Waals surface area contributed by atoms with Crippen molar-refractivity contribution >= 4 is 10.8 Å². The number of hydrogen-bond donors (Lipinski definition) is 0. The van der Waals surface area contributed by atoms with Gasteiger partial charge in [-0.2, -0.15) is 4.57 Å². The number of nitrogens with zero attached hydrogens (tertiary/aromatic N) is 1. The number of pyridine rings is 1. The van der Waals surface area contributed by atoms with Crippen LogP contribution in [-0.4, -0.2) is 19.8 Å². The second-order valence-electron chi connectivity index (χ2n) is 8.97. The minimum atomic E-state index is -0.0896. The minimum absolute atomic E-state index is 0.0448. The van der Waals surface area contributed by atoms with Crippen molar-refractivity contribution in [2.45, 2.75) is 51.7 Å². The summed E-state index contributed by atoms with van der Waals surface area (Å²) in [6.07, 6.45) is 5.34. The second kappa shape index (κ2) is 6.95. The van der Waals surface area contributed by atoms with Crippen LogP contribution in [0.4, 0.5) is 0 Å². The summed E-state index contributed by atoms with van der Waals surface area (Å²) in [4.78, 5) is 0. The van der Waals surface area contributed by atoms with E-state index >= 15 is 0 Å². The molecule has 0 radical (unpaired) electrons. The van der Waals surface area contributed by atoms with Gasteiger partial charge < -0.3 is 9.47 Å². The lowest BCUT2D eigenvalue weighted by Crippen LogP contribution is -2.56. The summed E-state index contributed by atoms with van der Waals surface area (Å²) in [5.41, 5.74) is 6.88. The van der Waals surface area contributed by atoms with Crippen LogP contribution in [-0.2, 0) is 21.3 Å². The van der Waals surface area contributed by atoms with Crippen molar-refractivity contribution in [1.29, 1.82) is 0 Å². The molecule has 0 N–H and O–H groups in total. The van der Waals surface area contributed by atoms with Crippen LogP contribution >= 0.6 is 0 Å².